The highest BCUT2D eigenvalue weighted by molar-refractivity contribution is 5.98. The van der Waals surface area contributed by atoms with Gasteiger partial charge in [-0.2, -0.15) is 0 Å². The van der Waals surface area contributed by atoms with E-state index in [1.165, 1.54) is 0 Å². The van der Waals surface area contributed by atoms with Gasteiger partial charge < -0.3 is 19.6 Å². The molecule has 0 aliphatic carbocycles. The van der Waals surface area contributed by atoms with E-state index in [1.54, 1.807) is 36.4 Å². The van der Waals surface area contributed by atoms with Crippen LogP contribution in [0.15, 0.2) is 52.9 Å². The largest absolute Gasteiger partial charge is 0.481 e. The Balaban J connectivity index is 1.87. The van der Waals surface area contributed by atoms with Crippen molar-refractivity contribution in [2.75, 3.05) is 13.2 Å². The molecule has 1 aromatic heterocycles. The number of amides is 1. The van der Waals surface area contributed by atoms with Gasteiger partial charge in [-0.1, -0.05) is 25.5 Å². The van der Waals surface area contributed by atoms with E-state index in [0.29, 0.717) is 34.8 Å². The van der Waals surface area contributed by atoms with Crippen LogP contribution in [0.25, 0.3) is 22.3 Å². The Hall–Kier alpha value is -3.28. The van der Waals surface area contributed by atoms with Crippen LogP contribution in [0.1, 0.15) is 30.1 Å². The summed E-state index contributed by atoms with van der Waals surface area (Å²) in [6, 6.07) is 14.2. The van der Waals surface area contributed by atoms with Crippen LogP contribution >= 0.6 is 0 Å². The van der Waals surface area contributed by atoms with E-state index in [4.69, 9.17) is 14.3 Å². The van der Waals surface area contributed by atoms with Crippen molar-refractivity contribution in [1.29, 1.82) is 0 Å². The van der Waals surface area contributed by atoms with E-state index in [9.17, 15) is 9.59 Å². The number of rotatable bonds is 8. The summed E-state index contributed by atoms with van der Waals surface area (Å²) in [5, 5.41) is 12.5. The molecule has 3 rings (SSSR count). The number of hydrogen-bond donors (Lipinski definition) is 2. The van der Waals surface area contributed by atoms with Crippen molar-refractivity contribution in [1.82, 2.24) is 5.32 Å². The van der Waals surface area contributed by atoms with Gasteiger partial charge in [0.25, 0.3) is 5.91 Å². The van der Waals surface area contributed by atoms with Crippen molar-refractivity contribution in [2.45, 2.75) is 19.8 Å². The third kappa shape index (κ3) is 4.47. The van der Waals surface area contributed by atoms with Crippen LogP contribution in [0.4, 0.5) is 0 Å². The Labute approximate surface area is 156 Å². The third-order valence-electron chi connectivity index (χ3n) is 4.10. The average molecular weight is 367 g/mol. The zero-order valence-electron chi connectivity index (χ0n) is 15.0. The number of hydrogen-bond acceptors (Lipinski definition) is 4. The molecular weight excluding hydrogens is 346 g/mol. The minimum Gasteiger partial charge on any atom is -0.481 e. The van der Waals surface area contributed by atoms with Gasteiger partial charge in [-0.3, -0.25) is 4.79 Å². The molecule has 0 bridgehead atoms. The molecule has 2 aromatic carbocycles. The molecule has 0 aliphatic rings. The number of carboxylic acid groups (broad SMARTS) is 1. The van der Waals surface area contributed by atoms with Crippen LogP contribution < -0.4 is 10.1 Å². The average Bonchev–Trinajstić information content (AvgIpc) is 3.09. The lowest BCUT2D eigenvalue weighted by Gasteiger charge is -2.07. The Morgan fingerprint density at radius 1 is 1.15 bits per heavy atom. The topological polar surface area (TPSA) is 88.8 Å². The molecule has 1 amide bonds. The summed E-state index contributed by atoms with van der Waals surface area (Å²) in [7, 11) is 0. The zero-order chi connectivity index (χ0) is 19.2. The number of aliphatic carboxylic acids is 1. The fraction of sp³-hybridized carbons (Fsp3) is 0.238. The van der Waals surface area contributed by atoms with E-state index in [2.05, 4.69) is 12.2 Å². The molecule has 0 saturated heterocycles. The molecule has 0 atom stereocenters. The van der Waals surface area contributed by atoms with Crippen molar-refractivity contribution in [3.05, 3.63) is 54.1 Å². The van der Waals surface area contributed by atoms with E-state index in [-0.39, 0.29) is 5.91 Å². The molecule has 0 spiro atoms. The van der Waals surface area contributed by atoms with Gasteiger partial charge in [-0.15, -0.1) is 0 Å². The molecule has 0 radical (unpaired) electrons. The summed E-state index contributed by atoms with van der Waals surface area (Å²) < 4.78 is 11.2. The lowest BCUT2D eigenvalue weighted by molar-refractivity contribution is -0.139. The summed E-state index contributed by atoms with van der Waals surface area (Å²) >= 11 is 0. The first-order chi connectivity index (χ1) is 13.1. The number of carbonyl (C=O) groups excluding carboxylic acids is 1. The molecule has 140 valence electrons. The summed E-state index contributed by atoms with van der Waals surface area (Å²) in [6.45, 7) is 2.29. The Morgan fingerprint density at radius 3 is 2.74 bits per heavy atom. The second-order valence-corrected chi connectivity index (χ2v) is 6.15. The van der Waals surface area contributed by atoms with Crippen molar-refractivity contribution < 1.29 is 23.8 Å². The first-order valence-electron chi connectivity index (χ1n) is 8.84. The molecule has 0 aliphatic heterocycles. The summed E-state index contributed by atoms with van der Waals surface area (Å²) in [5.74, 6) is -0.183. The fourth-order valence-electron chi connectivity index (χ4n) is 2.73. The van der Waals surface area contributed by atoms with E-state index >= 15 is 0 Å². The highest BCUT2D eigenvalue weighted by Gasteiger charge is 2.14. The van der Waals surface area contributed by atoms with Crippen molar-refractivity contribution in [3.8, 4) is 17.1 Å². The maximum atomic E-state index is 12.2. The first-order valence-corrected chi connectivity index (χ1v) is 8.84. The molecule has 6 nitrogen and oxygen atoms in total. The molecule has 0 fully saturated rings. The van der Waals surface area contributed by atoms with Gasteiger partial charge in [0.2, 0.25) is 0 Å². The van der Waals surface area contributed by atoms with Gasteiger partial charge in [0.15, 0.2) is 6.61 Å². The summed E-state index contributed by atoms with van der Waals surface area (Å²) in [6.07, 6.45) is 1.96. The molecule has 2 N–H and O–H groups in total. The van der Waals surface area contributed by atoms with Crippen LogP contribution in [0, 0.1) is 0 Å². The molecule has 1 heterocycles. The van der Waals surface area contributed by atoms with E-state index in [0.717, 1.165) is 18.2 Å². The minimum atomic E-state index is -1.05. The number of furan rings is 1. The number of para-hydroxylation sites is 1. The zero-order valence-corrected chi connectivity index (χ0v) is 15.0. The van der Waals surface area contributed by atoms with Crippen LogP contribution in [0.2, 0.25) is 0 Å². The lowest BCUT2D eigenvalue weighted by atomic mass is 10.1. The van der Waals surface area contributed by atoms with Crippen molar-refractivity contribution >= 4 is 22.8 Å². The van der Waals surface area contributed by atoms with Crippen LogP contribution in [0.5, 0.6) is 5.75 Å². The molecule has 3 aromatic rings. The summed E-state index contributed by atoms with van der Waals surface area (Å²) in [5.41, 5.74) is 1.87. The van der Waals surface area contributed by atoms with E-state index < -0.39 is 12.6 Å². The monoisotopic (exact) mass is 367 g/mol. The quantitative estimate of drug-likeness (QED) is 0.585. The number of fused-ring (bicyclic) bond motifs is 1. The molecular formula is C21H21NO5. The Bertz CT molecular complexity index is 960. The minimum absolute atomic E-state index is 0.113. The third-order valence-corrected chi connectivity index (χ3v) is 4.10. The predicted molar refractivity (Wildman–Crippen MR) is 102 cm³/mol. The molecule has 27 heavy (non-hydrogen) atoms. The van der Waals surface area contributed by atoms with Gasteiger partial charge in [0, 0.05) is 17.5 Å². The second-order valence-electron chi connectivity index (χ2n) is 6.15. The summed E-state index contributed by atoms with van der Waals surface area (Å²) in [4.78, 5) is 23.0. The SMILES string of the molecule is CCCCNC(=O)c1ccc2oc(-c3ccccc3OCC(=O)O)cc2c1. The normalized spacial score (nSPS) is 10.7. The van der Waals surface area contributed by atoms with Crippen molar-refractivity contribution in [2.24, 2.45) is 0 Å². The highest BCUT2D eigenvalue weighted by atomic mass is 16.5. The maximum Gasteiger partial charge on any atom is 0.341 e. The molecule has 0 unspecified atom stereocenters. The number of carboxylic acids is 1. The van der Waals surface area contributed by atoms with Gasteiger partial charge in [-0.05, 0) is 42.8 Å². The van der Waals surface area contributed by atoms with Crippen LogP contribution in [-0.4, -0.2) is 30.1 Å². The lowest BCUT2D eigenvalue weighted by Crippen LogP contribution is -2.24. The van der Waals surface area contributed by atoms with E-state index in [1.807, 2.05) is 12.1 Å². The van der Waals surface area contributed by atoms with Gasteiger partial charge >= 0.3 is 5.97 Å². The molecule has 0 saturated carbocycles. The maximum absolute atomic E-state index is 12.2. The molecule has 6 heteroatoms. The number of carbonyl (C=O) groups is 2. The Morgan fingerprint density at radius 2 is 1.96 bits per heavy atom. The first kappa shape index (κ1) is 18.5. The number of benzene rings is 2. The number of unbranched alkanes of at least 4 members (excludes halogenated alkanes) is 1. The highest BCUT2D eigenvalue weighted by Crippen LogP contribution is 2.34. The number of ether oxygens (including phenoxy) is 1. The van der Waals surface area contributed by atoms with Gasteiger partial charge in [0.05, 0.1) is 5.56 Å². The van der Waals surface area contributed by atoms with Crippen LogP contribution in [0.3, 0.4) is 0 Å². The standard InChI is InChI=1S/C21H21NO5/c1-2-3-10-22-21(25)14-8-9-17-15(11-14)12-19(27-17)16-6-4-5-7-18(16)26-13-20(23)24/h4-9,11-12H,2-3,10,13H2,1H3,(H,22,25)(H,23,24). The fourth-order valence-corrected chi connectivity index (χ4v) is 2.73. The Kier molecular flexibility index (Phi) is 5.76. The van der Waals surface area contributed by atoms with Gasteiger partial charge in [-0.25, -0.2) is 4.79 Å². The number of nitrogens with one attached hydrogen (secondary N) is 1. The second kappa shape index (κ2) is 8.40. The van der Waals surface area contributed by atoms with Crippen LogP contribution in [-0.2, 0) is 4.79 Å². The van der Waals surface area contributed by atoms with Gasteiger partial charge in [0.1, 0.15) is 17.1 Å². The van der Waals surface area contributed by atoms with Crippen molar-refractivity contribution in [3.63, 3.8) is 0 Å². The smallest absolute Gasteiger partial charge is 0.341 e. The predicted octanol–water partition coefficient (Wildman–Crippen LogP) is 4.09.